The summed E-state index contributed by atoms with van der Waals surface area (Å²) in [5, 5.41) is 13.6. The van der Waals surface area contributed by atoms with Crippen molar-refractivity contribution >= 4 is 22.4 Å². The molecule has 0 saturated heterocycles. The molecule has 2 aliphatic rings. The lowest BCUT2D eigenvalue weighted by atomic mass is 9.64. The number of aryl methyl sites for hydroxylation is 1. The minimum absolute atomic E-state index is 0.147. The van der Waals surface area contributed by atoms with Gasteiger partial charge in [0.05, 0.1) is 6.10 Å². The smallest absolute Gasteiger partial charge is 0.0551 e. The summed E-state index contributed by atoms with van der Waals surface area (Å²) in [6.45, 7) is 2.28. The van der Waals surface area contributed by atoms with Crippen LogP contribution in [-0.2, 0) is 6.42 Å². The number of hydrogen-bond donors (Lipinski definition) is 1. The van der Waals surface area contributed by atoms with Crippen LogP contribution in [0.5, 0.6) is 0 Å². The van der Waals surface area contributed by atoms with Gasteiger partial charge in [-0.2, -0.15) is 0 Å². The molecule has 0 bridgehead atoms. The van der Waals surface area contributed by atoms with Crippen molar-refractivity contribution in [3.63, 3.8) is 0 Å². The van der Waals surface area contributed by atoms with Gasteiger partial charge in [0.2, 0.25) is 0 Å². The predicted octanol–water partition coefficient (Wildman–Crippen LogP) is 5.07. The van der Waals surface area contributed by atoms with E-state index >= 15 is 0 Å². The number of halogens is 1. The molecule has 1 fully saturated rings. The summed E-state index contributed by atoms with van der Waals surface area (Å²) in [5.74, 6) is 0.475. The van der Waals surface area contributed by atoms with E-state index in [-0.39, 0.29) is 11.5 Å². The van der Waals surface area contributed by atoms with Gasteiger partial charge in [-0.1, -0.05) is 42.8 Å². The van der Waals surface area contributed by atoms with E-state index in [0.29, 0.717) is 5.92 Å². The summed E-state index contributed by atoms with van der Waals surface area (Å²) in [6, 6.07) is 10.7. The topological polar surface area (TPSA) is 20.2 Å². The fourth-order valence-electron chi connectivity index (χ4n) is 4.89. The molecular formula is C19H21ClO. The minimum Gasteiger partial charge on any atom is -0.393 e. The van der Waals surface area contributed by atoms with Crippen LogP contribution in [0.2, 0.25) is 5.02 Å². The van der Waals surface area contributed by atoms with Gasteiger partial charge in [-0.25, -0.2) is 0 Å². The highest BCUT2D eigenvalue weighted by atomic mass is 35.5. The lowest BCUT2D eigenvalue weighted by Gasteiger charge is -2.40. The van der Waals surface area contributed by atoms with Crippen molar-refractivity contribution in [1.82, 2.24) is 0 Å². The average Bonchev–Trinajstić information content (AvgIpc) is 2.85. The Labute approximate surface area is 130 Å². The first kappa shape index (κ1) is 13.6. The van der Waals surface area contributed by atoms with Gasteiger partial charge in [0.15, 0.2) is 0 Å². The molecule has 0 aromatic heterocycles. The summed E-state index contributed by atoms with van der Waals surface area (Å²) in [4.78, 5) is 0. The Morgan fingerprint density at radius 3 is 2.81 bits per heavy atom. The Bertz CT molecular complexity index is 708. The Kier molecular flexibility index (Phi) is 3.06. The third-order valence-corrected chi connectivity index (χ3v) is 6.29. The van der Waals surface area contributed by atoms with Crippen LogP contribution in [0.15, 0.2) is 30.3 Å². The van der Waals surface area contributed by atoms with Crippen LogP contribution >= 0.6 is 11.6 Å². The predicted molar refractivity (Wildman–Crippen MR) is 88.0 cm³/mol. The van der Waals surface area contributed by atoms with Crippen molar-refractivity contribution in [2.24, 2.45) is 5.41 Å². The number of benzene rings is 2. The van der Waals surface area contributed by atoms with E-state index < -0.39 is 0 Å². The molecule has 1 N–H and O–H groups in total. The monoisotopic (exact) mass is 300 g/mol. The van der Waals surface area contributed by atoms with Crippen molar-refractivity contribution in [1.29, 1.82) is 0 Å². The second-order valence-electron chi connectivity index (χ2n) is 6.83. The maximum absolute atomic E-state index is 10.2. The fourth-order valence-corrected chi connectivity index (χ4v) is 5.18. The Balaban J connectivity index is 1.96. The molecule has 0 spiro atoms. The summed E-state index contributed by atoms with van der Waals surface area (Å²) < 4.78 is 0. The third kappa shape index (κ3) is 1.87. The molecule has 21 heavy (non-hydrogen) atoms. The van der Waals surface area contributed by atoms with Gasteiger partial charge in [-0.05, 0) is 66.0 Å². The Morgan fingerprint density at radius 2 is 2.05 bits per heavy atom. The maximum atomic E-state index is 10.2. The zero-order valence-electron chi connectivity index (χ0n) is 12.4. The molecule has 4 rings (SSSR count). The summed E-state index contributed by atoms with van der Waals surface area (Å²) >= 11 is 6.55. The van der Waals surface area contributed by atoms with Crippen LogP contribution in [0.25, 0.3) is 10.8 Å². The van der Waals surface area contributed by atoms with Crippen LogP contribution in [0.4, 0.5) is 0 Å². The van der Waals surface area contributed by atoms with Crippen molar-refractivity contribution in [3.05, 3.63) is 46.5 Å². The Morgan fingerprint density at radius 1 is 1.29 bits per heavy atom. The first-order chi connectivity index (χ1) is 10.1. The van der Waals surface area contributed by atoms with Crippen molar-refractivity contribution in [2.45, 2.75) is 51.0 Å². The van der Waals surface area contributed by atoms with E-state index in [4.69, 9.17) is 11.6 Å². The van der Waals surface area contributed by atoms with Crippen molar-refractivity contribution in [3.8, 4) is 0 Å². The van der Waals surface area contributed by atoms with Crippen LogP contribution < -0.4 is 0 Å². The van der Waals surface area contributed by atoms with Gasteiger partial charge in [0, 0.05) is 10.4 Å². The maximum Gasteiger partial charge on any atom is 0.0551 e. The summed E-state index contributed by atoms with van der Waals surface area (Å²) in [6.07, 6.45) is 5.17. The fraction of sp³-hybridized carbons (Fsp3) is 0.474. The van der Waals surface area contributed by atoms with E-state index in [2.05, 4.69) is 37.3 Å². The standard InChI is InChI=1S/C19H21ClO/c1-2-19-8-7-14-13-5-3-4-6-15(13)18(20)10-16(14)17(19)9-12(21)11-19/h3-6,10,12,17,21H,2,7-9,11H2,1H3/t12-,17+,19-/m0/s1. The number of fused-ring (bicyclic) bond motifs is 5. The molecule has 0 heterocycles. The molecule has 110 valence electrons. The molecule has 1 saturated carbocycles. The molecule has 2 aliphatic carbocycles. The van der Waals surface area contributed by atoms with Crippen LogP contribution in [0.3, 0.4) is 0 Å². The average molecular weight is 301 g/mol. The molecule has 2 heteroatoms. The highest BCUT2D eigenvalue weighted by molar-refractivity contribution is 6.35. The number of aliphatic hydroxyl groups excluding tert-OH is 1. The molecule has 0 aliphatic heterocycles. The van der Waals surface area contributed by atoms with E-state index in [9.17, 15) is 5.11 Å². The first-order valence-electron chi connectivity index (χ1n) is 8.03. The first-order valence-corrected chi connectivity index (χ1v) is 8.40. The van der Waals surface area contributed by atoms with Gasteiger partial charge in [-0.15, -0.1) is 0 Å². The normalized spacial score (nSPS) is 31.2. The molecule has 0 unspecified atom stereocenters. The highest BCUT2D eigenvalue weighted by Crippen LogP contribution is 2.58. The highest BCUT2D eigenvalue weighted by Gasteiger charge is 2.48. The largest absolute Gasteiger partial charge is 0.393 e. The van der Waals surface area contributed by atoms with Crippen molar-refractivity contribution < 1.29 is 5.11 Å². The van der Waals surface area contributed by atoms with Crippen molar-refractivity contribution in [2.75, 3.05) is 0 Å². The number of aliphatic hydroxyl groups is 1. The molecular weight excluding hydrogens is 280 g/mol. The van der Waals surface area contributed by atoms with Gasteiger partial charge in [-0.3, -0.25) is 0 Å². The molecule has 0 radical (unpaired) electrons. The zero-order chi connectivity index (χ0) is 14.6. The molecule has 2 aromatic rings. The second-order valence-corrected chi connectivity index (χ2v) is 7.24. The molecule has 3 atom stereocenters. The summed E-state index contributed by atoms with van der Waals surface area (Å²) in [7, 11) is 0. The SMILES string of the molecule is CC[C@@]12CCc3c(cc(Cl)c4ccccc34)[C@H]1C[C@H](O)C2. The van der Waals surface area contributed by atoms with Gasteiger partial charge in [0.25, 0.3) is 0 Å². The lowest BCUT2D eigenvalue weighted by molar-refractivity contribution is 0.148. The molecule has 1 nitrogen and oxygen atoms in total. The van der Waals surface area contributed by atoms with E-state index in [0.717, 1.165) is 30.7 Å². The van der Waals surface area contributed by atoms with E-state index in [1.807, 2.05) is 0 Å². The quantitative estimate of drug-likeness (QED) is 0.779. The van der Waals surface area contributed by atoms with Crippen LogP contribution in [0, 0.1) is 5.41 Å². The summed E-state index contributed by atoms with van der Waals surface area (Å²) in [5.41, 5.74) is 3.17. The zero-order valence-corrected chi connectivity index (χ0v) is 13.2. The molecule has 2 aromatic carbocycles. The molecule has 0 amide bonds. The van der Waals surface area contributed by atoms with Crippen LogP contribution in [0.1, 0.15) is 49.7 Å². The van der Waals surface area contributed by atoms with E-state index in [1.54, 1.807) is 0 Å². The minimum atomic E-state index is -0.147. The van der Waals surface area contributed by atoms with Gasteiger partial charge < -0.3 is 5.11 Å². The van der Waals surface area contributed by atoms with E-state index in [1.165, 1.54) is 28.3 Å². The van der Waals surface area contributed by atoms with Gasteiger partial charge in [0.1, 0.15) is 0 Å². The van der Waals surface area contributed by atoms with Crippen LogP contribution in [-0.4, -0.2) is 11.2 Å². The van der Waals surface area contributed by atoms with Gasteiger partial charge >= 0.3 is 0 Å². The second kappa shape index (κ2) is 4.72. The lowest BCUT2D eigenvalue weighted by Crippen LogP contribution is -2.29. The number of hydrogen-bond acceptors (Lipinski definition) is 1. The third-order valence-electron chi connectivity index (χ3n) is 5.98. The Hall–Kier alpha value is -1.05. The number of rotatable bonds is 1.